The van der Waals surface area contributed by atoms with E-state index < -0.39 is 0 Å². The van der Waals surface area contributed by atoms with Crippen molar-refractivity contribution < 1.29 is 14.4 Å². The molecule has 0 radical (unpaired) electrons. The van der Waals surface area contributed by atoms with Gasteiger partial charge in [-0.1, -0.05) is 60.7 Å². The van der Waals surface area contributed by atoms with Crippen LogP contribution in [0.4, 0.5) is 0 Å². The second-order valence-corrected chi connectivity index (χ2v) is 7.32. The first kappa shape index (κ1) is 15.1. The molecule has 1 N–H and O–H groups in total. The molecule has 0 saturated carbocycles. The van der Waals surface area contributed by atoms with E-state index in [0.29, 0.717) is 0 Å². The lowest BCUT2D eigenvalue weighted by atomic mass is 9.95. The summed E-state index contributed by atoms with van der Waals surface area (Å²) in [6.45, 7) is 3.13. The minimum Gasteiger partial charge on any atom is -0.437 e. The van der Waals surface area contributed by atoms with Crippen LogP contribution in [0.15, 0.2) is 72.8 Å². The number of benzene rings is 4. The Labute approximate surface area is 157 Å². The van der Waals surface area contributed by atoms with Crippen LogP contribution in [0.1, 0.15) is 30.5 Å². The number of rotatable bonds is 1. The lowest BCUT2D eigenvalue weighted by Crippen LogP contribution is -3.15. The summed E-state index contributed by atoms with van der Waals surface area (Å²) in [5.74, 6) is 1.89. The number of fused-ring (bicyclic) bond motifs is 10. The van der Waals surface area contributed by atoms with Gasteiger partial charge in [0.25, 0.3) is 12.5 Å². The molecule has 2 bridgehead atoms. The quantitative estimate of drug-likeness (QED) is 0.548. The highest BCUT2D eigenvalue weighted by Crippen LogP contribution is 2.45. The minimum atomic E-state index is -0.0523. The average molecular weight is 354 g/mol. The van der Waals surface area contributed by atoms with Gasteiger partial charge in [0.1, 0.15) is 22.6 Å². The van der Waals surface area contributed by atoms with Gasteiger partial charge in [-0.25, -0.2) is 0 Å². The third-order valence-electron chi connectivity index (χ3n) is 5.96. The summed E-state index contributed by atoms with van der Waals surface area (Å²) in [4.78, 5) is 1.31. The summed E-state index contributed by atoms with van der Waals surface area (Å²) in [6.07, 6.45) is -0.105. The van der Waals surface area contributed by atoms with E-state index in [2.05, 4.69) is 79.7 Å². The Morgan fingerprint density at radius 2 is 1.15 bits per heavy atom. The zero-order chi connectivity index (χ0) is 18.0. The van der Waals surface area contributed by atoms with E-state index in [4.69, 9.17) is 9.47 Å². The summed E-state index contributed by atoms with van der Waals surface area (Å²) in [5, 5.41) is 4.88. The molecule has 2 aliphatic rings. The van der Waals surface area contributed by atoms with E-state index in [-0.39, 0.29) is 12.5 Å². The highest BCUT2D eigenvalue weighted by Gasteiger charge is 2.47. The van der Waals surface area contributed by atoms with E-state index in [1.165, 1.54) is 37.6 Å². The molecule has 0 aliphatic carbocycles. The Balaban J connectivity index is 1.63. The molecule has 2 aliphatic heterocycles. The lowest BCUT2D eigenvalue weighted by Gasteiger charge is -2.43. The predicted molar refractivity (Wildman–Crippen MR) is 106 cm³/mol. The maximum Gasteiger partial charge on any atom is 0.266 e. The van der Waals surface area contributed by atoms with Crippen molar-refractivity contribution in [2.45, 2.75) is 19.4 Å². The van der Waals surface area contributed by atoms with Crippen molar-refractivity contribution in [2.75, 3.05) is 6.54 Å². The maximum atomic E-state index is 6.63. The monoisotopic (exact) mass is 354 g/mol. The van der Waals surface area contributed by atoms with Crippen molar-refractivity contribution in [1.82, 2.24) is 0 Å². The number of quaternary nitrogens is 1. The number of hydrogen-bond donors (Lipinski definition) is 1. The van der Waals surface area contributed by atoms with Crippen LogP contribution in [-0.4, -0.2) is 6.54 Å². The molecule has 2 atom stereocenters. The Morgan fingerprint density at radius 1 is 0.667 bits per heavy atom. The first-order valence-electron chi connectivity index (χ1n) is 9.57. The summed E-state index contributed by atoms with van der Waals surface area (Å²) < 4.78 is 13.3. The highest BCUT2D eigenvalue weighted by atomic mass is 16.6. The number of hydrogen-bond acceptors (Lipinski definition) is 2. The van der Waals surface area contributed by atoms with Crippen LogP contribution in [0, 0.1) is 0 Å². The summed E-state index contributed by atoms with van der Waals surface area (Å²) >= 11 is 0. The van der Waals surface area contributed by atoms with E-state index in [9.17, 15) is 0 Å². The first-order chi connectivity index (χ1) is 13.3. The fourth-order valence-electron chi connectivity index (χ4n) is 4.70. The van der Waals surface area contributed by atoms with Gasteiger partial charge in [0.15, 0.2) is 0 Å². The Kier molecular flexibility index (Phi) is 3.06. The molecule has 2 heterocycles. The van der Waals surface area contributed by atoms with E-state index in [1.807, 2.05) is 0 Å². The fourth-order valence-corrected chi connectivity index (χ4v) is 4.70. The molecule has 3 heteroatoms. The van der Waals surface area contributed by atoms with Gasteiger partial charge in [0.2, 0.25) is 0 Å². The SMILES string of the molecule is CC[NH+]1[C@@H]2Oc3ccc4ccccc4c3[C@H]1Oc1ccc3ccccc3c12. The molecule has 0 aromatic heterocycles. The van der Waals surface area contributed by atoms with Gasteiger partial charge in [-0.3, -0.25) is 4.90 Å². The van der Waals surface area contributed by atoms with Gasteiger partial charge < -0.3 is 9.47 Å². The van der Waals surface area contributed by atoms with Crippen LogP contribution in [0.3, 0.4) is 0 Å². The van der Waals surface area contributed by atoms with Crippen molar-refractivity contribution in [3.63, 3.8) is 0 Å². The second kappa shape index (κ2) is 5.48. The Bertz CT molecular complexity index is 1110. The first-order valence-corrected chi connectivity index (χ1v) is 9.57. The van der Waals surface area contributed by atoms with Crippen LogP contribution < -0.4 is 14.4 Å². The molecule has 0 fully saturated rings. The van der Waals surface area contributed by atoms with Gasteiger partial charge in [0.05, 0.1) is 6.54 Å². The molecule has 4 aromatic rings. The molecule has 0 unspecified atom stereocenters. The number of nitrogens with one attached hydrogen (secondary N) is 1. The third kappa shape index (κ3) is 2.00. The summed E-state index contributed by atoms with van der Waals surface area (Å²) in [5.41, 5.74) is 2.33. The van der Waals surface area contributed by atoms with Crippen molar-refractivity contribution in [2.24, 2.45) is 0 Å². The molecule has 27 heavy (non-hydrogen) atoms. The van der Waals surface area contributed by atoms with Crippen molar-refractivity contribution in [3.05, 3.63) is 83.9 Å². The minimum absolute atomic E-state index is 0.0523. The average Bonchev–Trinajstić information content (AvgIpc) is 2.72. The van der Waals surface area contributed by atoms with E-state index >= 15 is 0 Å². The Morgan fingerprint density at radius 3 is 1.63 bits per heavy atom. The summed E-state index contributed by atoms with van der Waals surface area (Å²) in [6, 6.07) is 25.5. The lowest BCUT2D eigenvalue weighted by molar-refractivity contribution is -1.00. The summed E-state index contributed by atoms with van der Waals surface area (Å²) in [7, 11) is 0. The molecule has 0 saturated heterocycles. The van der Waals surface area contributed by atoms with Crippen LogP contribution in [-0.2, 0) is 0 Å². The second-order valence-electron chi connectivity index (χ2n) is 7.32. The molecule has 0 amide bonds. The zero-order valence-electron chi connectivity index (χ0n) is 15.1. The number of ether oxygens (including phenoxy) is 2. The van der Waals surface area contributed by atoms with Crippen LogP contribution in [0.2, 0.25) is 0 Å². The van der Waals surface area contributed by atoms with Gasteiger partial charge in [-0.05, 0) is 40.6 Å². The van der Waals surface area contributed by atoms with Crippen molar-refractivity contribution >= 4 is 21.5 Å². The normalized spacial score (nSPS) is 22.6. The molecule has 4 aromatic carbocycles. The standard InChI is InChI=1S/C24H19NO2/c1-2-25-23-21-17-9-5-3-7-15(17)11-13-19(21)26-24(25)22-18-10-6-4-8-16(18)12-14-20(22)27-23/h3-14,23-24H,2H2,1H3/p+1/t23-,24-/m1/s1. The predicted octanol–water partition coefficient (Wildman–Crippen LogP) is 4.38. The van der Waals surface area contributed by atoms with E-state index in [0.717, 1.165) is 18.0 Å². The third-order valence-corrected chi connectivity index (χ3v) is 5.96. The van der Waals surface area contributed by atoms with Crippen LogP contribution in [0.5, 0.6) is 11.5 Å². The zero-order valence-corrected chi connectivity index (χ0v) is 15.1. The molecule has 3 nitrogen and oxygen atoms in total. The molecule has 132 valence electrons. The largest absolute Gasteiger partial charge is 0.437 e. The van der Waals surface area contributed by atoms with Crippen molar-refractivity contribution in [1.29, 1.82) is 0 Å². The molecular weight excluding hydrogens is 334 g/mol. The van der Waals surface area contributed by atoms with E-state index in [1.54, 1.807) is 0 Å². The molecule has 6 rings (SSSR count). The van der Waals surface area contributed by atoms with Gasteiger partial charge in [0, 0.05) is 0 Å². The van der Waals surface area contributed by atoms with Gasteiger partial charge >= 0.3 is 0 Å². The van der Waals surface area contributed by atoms with Crippen LogP contribution in [0.25, 0.3) is 21.5 Å². The smallest absolute Gasteiger partial charge is 0.266 e. The molecule has 0 spiro atoms. The molecular formula is C24H20NO2+. The van der Waals surface area contributed by atoms with Crippen LogP contribution >= 0.6 is 0 Å². The maximum absolute atomic E-state index is 6.63. The fraction of sp³-hybridized carbons (Fsp3) is 0.167. The Hall–Kier alpha value is -3.04. The van der Waals surface area contributed by atoms with Gasteiger partial charge in [-0.15, -0.1) is 0 Å². The van der Waals surface area contributed by atoms with Gasteiger partial charge in [-0.2, -0.15) is 0 Å². The van der Waals surface area contributed by atoms with Crippen molar-refractivity contribution in [3.8, 4) is 11.5 Å². The highest BCUT2D eigenvalue weighted by molar-refractivity contribution is 5.90. The topological polar surface area (TPSA) is 22.9 Å².